The molecule has 5 atom stereocenters. The lowest BCUT2D eigenvalue weighted by molar-refractivity contribution is 0.0182. The Labute approximate surface area is 95.8 Å². The molecule has 0 N–H and O–H groups in total. The first-order valence-corrected chi connectivity index (χ1v) is 7.09. The van der Waals surface area contributed by atoms with E-state index in [1.54, 1.807) is 0 Å². The predicted octanol–water partition coefficient (Wildman–Crippen LogP) is 4.74. The van der Waals surface area contributed by atoms with Crippen LogP contribution in [0.3, 0.4) is 0 Å². The Bertz CT molecular complexity index is 202. The Morgan fingerprint density at radius 1 is 0.867 bits per heavy atom. The summed E-state index contributed by atoms with van der Waals surface area (Å²) in [6.07, 6.45) is 7.55. The number of fused-ring (bicyclic) bond motifs is 1. The van der Waals surface area contributed by atoms with Gasteiger partial charge in [-0.2, -0.15) is 0 Å². The minimum Gasteiger partial charge on any atom is -0.0625 e. The van der Waals surface area contributed by atoms with E-state index in [1.165, 1.54) is 32.1 Å². The first kappa shape index (κ1) is 11.5. The third-order valence-electron chi connectivity index (χ3n) is 5.31. The molecule has 0 nitrogen and oxygen atoms in total. The highest BCUT2D eigenvalue weighted by molar-refractivity contribution is 4.90. The topological polar surface area (TPSA) is 0 Å². The van der Waals surface area contributed by atoms with E-state index >= 15 is 0 Å². The lowest BCUT2D eigenvalue weighted by atomic mass is 9.57. The summed E-state index contributed by atoms with van der Waals surface area (Å²) in [5.41, 5.74) is 0. The highest BCUT2D eigenvalue weighted by Gasteiger charge is 2.41. The summed E-state index contributed by atoms with van der Waals surface area (Å²) in [4.78, 5) is 0. The van der Waals surface area contributed by atoms with Gasteiger partial charge in [0.2, 0.25) is 0 Å². The number of rotatable bonds is 1. The smallest absolute Gasteiger partial charge is 0.0350 e. The molecule has 88 valence electrons. The average Bonchev–Trinajstić information content (AvgIpc) is 2.17. The van der Waals surface area contributed by atoms with Crippen molar-refractivity contribution in [2.24, 2.45) is 35.5 Å². The van der Waals surface area contributed by atoms with Crippen LogP contribution in [-0.2, 0) is 0 Å². The van der Waals surface area contributed by atoms with Crippen LogP contribution in [-0.4, -0.2) is 0 Å². The summed E-state index contributed by atoms with van der Waals surface area (Å²) in [6, 6.07) is 0. The van der Waals surface area contributed by atoms with Gasteiger partial charge in [0.25, 0.3) is 0 Å². The fourth-order valence-corrected chi connectivity index (χ4v) is 4.36. The Hall–Kier alpha value is 0. The van der Waals surface area contributed by atoms with Crippen molar-refractivity contribution < 1.29 is 0 Å². The van der Waals surface area contributed by atoms with Crippen LogP contribution in [0.25, 0.3) is 0 Å². The lowest BCUT2D eigenvalue weighted by Crippen LogP contribution is -2.39. The van der Waals surface area contributed by atoms with Crippen molar-refractivity contribution in [1.82, 2.24) is 0 Å². The van der Waals surface area contributed by atoms with E-state index in [1.807, 2.05) is 0 Å². The van der Waals surface area contributed by atoms with Gasteiger partial charge in [-0.25, -0.2) is 0 Å². The van der Waals surface area contributed by atoms with Crippen molar-refractivity contribution in [3.8, 4) is 0 Å². The van der Waals surface area contributed by atoms with Crippen LogP contribution >= 0.6 is 0 Å². The monoisotopic (exact) mass is 208 g/mol. The number of hydrogen-bond donors (Lipinski definition) is 0. The summed E-state index contributed by atoms with van der Waals surface area (Å²) in [5, 5.41) is 0. The molecule has 0 spiro atoms. The first-order valence-electron chi connectivity index (χ1n) is 7.09. The molecule has 0 unspecified atom stereocenters. The van der Waals surface area contributed by atoms with Crippen LogP contribution in [0.4, 0.5) is 0 Å². The van der Waals surface area contributed by atoms with E-state index < -0.39 is 0 Å². The van der Waals surface area contributed by atoms with E-state index in [9.17, 15) is 0 Å². The molecular formula is C15H28. The molecule has 0 saturated heterocycles. The molecule has 0 aliphatic heterocycles. The minimum atomic E-state index is 0.912. The Morgan fingerprint density at radius 3 is 2.27 bits per heavy atom. The maximum absolute atomic E-state index is 2.50. The van der Waals surface area contributed by atoms with E-state index in [0.29, 0.717) is 0 Å². The molecule has 0 aromatic carbocycles. The van der Waals surface area contributed by atoms with Crippen molar-refractivity contribution in [3.63, 3.8) is 0 Å². The molecule has 0 radical (unpaired) electrons. The fraction of sp³-hybridized carbons (Fsp3) is 1.00. The van der Waals surface area contributed by atoms with Gasteiger partial charge in [-0.3, -0.25) is 0 Å². The second-order valence-electron chi connectivity index (χ2n) is 6.71. The molecule has 2 aliphatic rings. The molecule has 2 aliphatic carbocycles. The average molecular weight is 208 g/mol. The Balaban J connectivity index is 2.10. The van der Waals surface area contributed by atoms with Gasteiger partial charge >= 0.3 is 0 Å². The summed E-state index contributed by atoms with van der Waals surface area (Å²) >= 11 is 0. The third kappa shape index (κ3) is 2.24. The maximum atomic E-state index is 2.50. The highest BCUT2D eigenvalue weighted by atomic mass is 14.5. The van der Waals surface area contributed by atoms with Crippen LogP contribution in [0, 0.1) is 35.5 Å². The molecule has 2 rings (SSSR count). The van der Waals surface area contributed by atoms with Crippen LogP contribution in [0.2, 0.25) is 0 Å². The number of hydrogen-bond acceptors (Lipinski definition) is 0. The summed E-state index contributed by atoms with van der Waals surface area (Å²) < 4.78 is 0. The zero-order valence-corrected chi connectivity index (χ0v) is 11.0. The SMILES string of the molecule is CC(C)[C@@H]1CC[C@H](C)[C@H]2CC[C@H](C)C[C@@H]21. The maximum Gasteiger partial charge on any atom is -0.0350 e. The summed E-state index contributed by atoms with van der Waals surface area (Å²) in [5.74, 6) is 6.10. The van der Waals surface area contributed by atoms with Crippen LogP contribution in [0.15, 0.2) is 0 Å². The van der Waals surface area contributed by atoms with Crippen LogP contribution < -0.4 is 0 Å². The molecule has 15 heavy (non-hydrogen) atoms. The molecule has 2 saturated carbocycles. The van der Waals surface area contributed by atoms with Gasteiger partial charge in [0.05, 0.1) is 0 Å². The van der Waals surface area contributed by atoms with Crippen molar-refractivity contribution in [2.75, 3.05) is 0 Å². The molecule has 0 amide bonds. The molecular weight excluding hydrogens is 180 g/mol. The van der Waals surface area contributed by atoms with Crippen LogP contribution in [0.5, 0.6) is 0 Å². The standard InChI is InChI=1S/C15H28/c1-10(2)13-8-6-12(4)14-7-5-11(3)9-15(13)14/h10-15H,5-9H2,1-4H3/t11-,12-,13-,14+,15+/m0/s1. The Morgan fingerprint density at radius 2 is 1.60 bits per heavy atom. The van der Waals surface area contributed by atoms with Gasteiger partial charge in [0.15, 0.2) is 0 Å². The summed E-state index contributed by atoms with van der Waals surface area (Å²) in [7, 11) is 0. The van der Waals surface area contributed by atoms with Gasteiger partial charge in [0, 0.05) is 0 Å². The Kier molecular flexibility index (Phi) is 3.42. The van der Waals surface area contributed by atoms with E-state index in [0.717, 1.165) is 35.5 Å². The first-order chi connectivity index (χ1) is 7.09. The normalized spacial score (nSPS) is 46.6. The molecule has 0 bridgehead atoms. The van der Waals surface area contributed by atoms with Crippen molar-refractivity contribution in [1.29, 1.82) is 0 Å². The van der Waals surface area contributed by atoms with Crippen molar-refractivity contribution in [2.45, 2.75) is 59.8 Å². The van der Waals surface area contributed by atoms with E-state index in [4.69, 9.17) is 0 Å². The molecule has 0 heterocycles. The fourth-order valence-electron chi connectivity index (χ4n) is 4.36. The molecule has 2 fully saturated rings. The van der Waals surface area contributed by atoms with Gasteiger partial charge in [-0.15, -0.1) is 0 Å². The van der Waals surface area contributed by atoms with Gasteiger partial charge in [-0.05, 0) is 54.8 Å². The second kappa shape index (κ2) is 4.47. The molecule has 0 aromatic rings. The quantitative estimate of drug-likeness (QED) is 0.584. The third-order valence-corrected chi connectivity index (χ3v) is 5.31. The van der Waals surface area contributed by atoms with Gasteiger partial charge in [-0.1, -0.05) is 40.5 Å². The highest BCUT2D eigenvalue weighted by Crippen LogP contribution is 2.50. The molecule has 0 aromatic heterocycles. The largest absolute Gasteiger partial charge is 0.0625 e. The predicted molar refractivity (Wildman–Crippen MR) is 66.7 cm³/mol. The zero-order valence-electron chi connectivity index (χ0n) is 11.0. The summed E-state index contributed by atoms with van der Waals surface area (Å²) in [6.45, 7) is 9.85. The molecule has 0 heteroatoms. The van der Waals surface area contributed by atoms with E-state index in [2.05, 4.69) is 27.7 Å². The minimum absolute atomic E-state index is 0.912. The van der Waals surface area contributed by atoms with Gasteiger partial charge in [0.1, 0.15) is 0 Å². The van der Waals surface area contributed by atoms with Crippen LogP contribution in [0.1, 0.15) is 59.8 Å². The van der Waals surface area contributed by atoms with Gasteiger partial charge < -0.3 is 0 Å². The zero-order chi connectivity index (χ0) is 11.0. The second-order valence-corrected chi connectivity index (χ2v) is 6.71. The van der Waals surface area contributed by atoms with E-state index in [-0.39, 0.29) is 0 Å². The lowest BCUT2D eigenvalue weighted by Gasteiger charge is -2.48. The van der Waals surface area contributed by atoms with Crippen molar-refractivity contribution >= 4 is 0 Å². The van der Waals surface area contributed by atoms with Crippen molar-refractivity contribution in [3.05, 3.63) is 0 Å².